The number of aromatic nitrogens is 2. The van der Waals surface area contributed by atoms with Crippen molar-refractivity contribution < 1.29 is 9.50 Å². The van der Waals surface area contributed by atoms with Gasteiger partial charge in [-0.2, -0.15) is 0 Å². The van der Waals surface area contributed by atoms with Crippen LogP contribution in [0.25, 0.3) is 10.9 Å². The zero-order valence-corrected chi connectivity index (χ0v) is 10.9. The maximum atomic E-state index is 13.7. The summed E-state index contributed by atoms with van der Waals surface area (Å²) in [6.45, 7) is 1.92. The van der Waals surface area contributed by atoms with E-state index in [1.54, 1.807) is 12.1 Å². The van der Waals surface area contributed by atoms with Gasteiger partial charge in [0.2, 0.25) is 0 Å². The molecular formula is C16H13FN2O. The summed E-state index contributed by atoms with van der Waals surface area (Å²) in [5, 5.41) is 11.2. The van der Waals surface area contributed by atoms with Gasteiger partial charge in [0.05, 0.1) is 5.52 Å². The maximum absolute atomic E-state index is 13.7. The topological polar surface area (TPSA) is 46.0 Å². The van der Waals surface area contributed by atoms with Crippen molar-refractivity contribution in [2.24, 2.45) is 0 Å². The van der Waals surface area contributed by atoms with Gasteiger partial charge in [0.25, 0.3) is 0 Å². The predicted molar refractivity (Wildman–Crippen MR) is 74.7 cm³/mol. The highest BCUT2D eigenvalue weighted by Gasteiger charge is 2.16. The van der Waals surface area contributed by atoms with Crippen LogP contribution >= 0.6 is 0 Å². The highest BCUT2D eigenvalue weighted by Crippen LogP contribution is 2.25. The molecule has 1 aromatic carbocycles. The Morgan fingerprint density at radius 2 is 2.00 bits per heavy atom. The highest BCUT2D eigenvalue weighted by molar-refractivity contribution is 5.79. The fourth-order valence-corrected chi connectivity index (χ4v) is 2.17. The summed E-state index contributed by atoms with van der Waals surface area (Å²) in [6.07, 6.45) is 0.384. The van der Waals surface area contributed by atoms with Crippen LogP contribution in [0.2, 0.25) is 0 Å². The van der Waals surface area contributed by atoms with Crippen molar-refractivity contribution in [2.75, 3.05) is 0 Å². The number of aryl methyl sites for hydroxylation is 1. The summed E-state index contributed by atoms with van der Waals surface area (Å²) in [5.74, 6) is -0.512. The van der Waals surface area contributed by atoms with Crippen molar-refractivity contribution in [3.05, 3.63) is 71.4 Å². The predicted octanol–water partition coefficient (Wildman–Crippen LogP) is 3.16. The molecule has 3 rings (SSSR count). The lowest BCUT2D eigenvalue weighted by Crippen LogP contribution is -2.05. The molecular weight excluding hydrogens is 255 g/mol. The van der Waals surface area contributed by atoms with E-state index in [2.05, 4.69) is 9.97 Å². The molecule has 100 valence electrons. The van der Waals surface area contributed by atoms with Crippen LogP contribution in [0.3, 0.4) is 0 Å². The Morgan fingerprint density at radius 1 is 1.15 bits per heavy atom. The molecule has 20 heavy (non-hydrogen) atoms. The fraction of sp³-hybridized carbons (Fsp3) is 0.125. The Bertz CT molecular complexity index is 773. The van der Waals surface area contributed by atoms with Crippen LogP contribution in [0, 0.1) is 12.7 Å². The number of hydrogen-bond acceptors (Lipinski definition) is 3. The van der Waals surface area contributed by atoms with Crippen molar-refractivity contribution in [3.63, 3.8) is 0 Å². The first-order chi connectivity index (χ1) is 9.65. The van der Waals surface area contributed by atoms with E-state index in [1.807, 2.05) is 25.1 Å². The number of nitrogens with zero attached hydrogens (tertiary/aromatic N) is 2. The fourth-order valence-electron chi connectivity index (χ4n) is 2.17. The van der Waals surface area contributed by atoms with Crippen LogP contribution in [0.5, 0.6) is 0 Å². The van der Waals surface area contributed by atoms with Gasteiger partial charge in [-0.3, -0.25) is 9.97 Å². The summed E-state index contributed by atoms with van der Waals surface area (Å²) in [7, 11) is 0. The molecule has 0 aliphatic rings. The van der Waals surface area contributed by atoms with E-state index < -0.39 is 11.9 Å². The molecule has 0 radical (unpaired) electrons. The van der Waals surface area contributed by atoms with E-state index in [0.29, 0.717) is 5.56 Å². The van der Waals surface area contributed by atoms with E-state index in [0.717, 1.165) is 16.6 Å². The molecule has 3 nitrogen and oxygen atoms in total. The Hall–Kier alpha value is -2.33. The smallest absolute Gasteiger partial charge is 0.147 e. The lowest BCUT2D eigenvalue weighted by Gasteiger charge is -2.12. The Labute approximate surface area is 115 Å². The second-order valence-electron chi connectivity index (χ2n) is 4.68. The zero-order chi connectivity index (χ0) is 14.1. The van der Waals surface area contributed by atoms with Crippen molar-refractivity contribution in [1.82, 2.24) is 9.97 Å². The van der Waals surface area contributed by atoms with Gasteiger partial charge >= 0.3 is 0 Å². The van der Waals surface area contributed by atoms with Crippen LogP contribution in [-0.4, -0.2) is 15.1 Å². The molecule has 0 aliphatic carbocycles. The third-order valence-electron chi connectivity index (χ3n) is 3.21. The monoisotopic (exact) mass is 268 g/mol. The number of aliphatic hydroxyl groups excluding tert-OH is 1. The molecule has 1 unspecified atom stereocenters. The number of benzene rings is 1. The quantitative estimate of drug-likeness (QED) is 0.776. The lowest BCUT2D eigenvalue weighted by atomic mass is 10.0. The first-order valence-electron chi connectivity index (χ1n) is 6.31. The highest BCUT2D eigenvalue weighted by atomic mass is 19.1. The van der Waals surface area contributed by atoms with Gasteiger partial charge in [-0.25, -0.2) is 4.39 Å². The summed E-state index contributed by atoms with van der Waals surface area (Å²) >= 11 is 0. The van der Waals surface area contributed by atoms with E-state index in [4.69, 9.17) is 0 Å². The van der Waals surface area contributed by atoms with Crippen LogP contribution < -0.4 is 0 Å². The number of hydrogen-bond donors (Lipinski definition) is 1. The molecule has 0 spiro atoms. The second-order valence-corrected chi connectivity index (χ2v) is 4.68. The summed E-state index contributed by atoms with van der Waals surface area (Å²) in [6, 6.07) is 12.0. The maximum Gasteiger partial charge on any atom is 0.147 e. The molecule has 2 heterocycles. The van der Waals surface area contributed by atoms with Gasteiger partial charge in [0.15, 0.2) is 0 Å². The zero-order valence-electron chi connectivity index (χ0n) is 10.9. The third kappa shape index (κ3) is 2.26. The molecule has 1 N–H and O–H groups in total. The number of aliphatic hydroxyl groups is 1. The second kappa shape index (κ2) is 4.98. The third-order valence-corrected chi connectivity index (χ3v) is 3.21. The molecule has 4 heteroatoms. The first kappa shape index (κ1) is 12.7. The largest absolute Gasteiger partial charge is 0.382 e. The standard InChI is InChI=1S/C16H13FN2O/c1-10-4-5-11-9-12(6-7-14(11)19-10)16(20)15-13(17)3-2-8-18-15/h2-9,16,20H,1H3. The van der Waals surface area contributed by atoms with Crippen molar-refractivity contribution >= 4 is 10.9 Å². The minimum absolute atomic E-state index is 0.0342. The summed E-state index contributed by atoms with van der Waals surface area (Å²) < 4.78 is 13.7. The molecule has 0 bridgehead atoms. The van der Waals surface area contributed by atoms with Crippen molar-refractivity contribution in [1.29, 1.82) is 0 Å². The molecule has 0 fully saturated rings. The average Bonchev–Trinajstić information content (AvgIpc) is 2.46. The molecule has 0 aliphatic heterocycles. The van der Waals surface area contributed by atoms with Gasteiger partial charge in [-0.05, 0) is 42.8 Å². The lowest BCUT2D eigenvalue weighted by molar-refractivity contribution is 0.209. The van der Waals surface area contributed by atoms with E-state index in [-0.39, 0.29) is 5.69 Å². The molecule has 0 saturated heterocycles. The number of fused-ring (bicyclic) bond motifs is 1. The molecule has 1 atom stereocenters. The minimum atomic E-state index is -1.08. The van der Waals surface area contributed by atoms with Crippen molar-refractivity contribution in [3.8, 4) is 0 Å². The Balaban J connectivity index is 2.06. The van der Waals surface area contributed by atoms with Crippen LogP contribution in [0.4, 0.5) is 4.39 Å². The van der Waals surface area contributed by atoms with Gasteiger partial charge in [-0.1, -0.05) is 12.1 Å². The Kier molecular flexibility index (Phi) is 3.16. The molecule has 2 aromatic heterocycles. The normalized spacial score (nSPS) is 12.6. The SMILES string of the molecule is Cc1ccc2cc(C(O)c3ncccc3F)ccc2n1. The van der Waals surface area contributed by atoms with Gasteiger partial charge in [0, 0.05) is 17.3 Å². The van der Waals surface area contributed by atoms with Gasteiger partial charge < -0.3 is 5.11 Å². The summed E-state index contributed by atoms with van der Waals surface area (Å²) in [5.41, 5.74) is 2.41. The number of rotatable bonds is 2. The van der Waals surface area contributed by atoms with Gasteiger partial charge in [-0.15, -0.1) is 0 Å². The van der Waals surface area contributed by atoms with Crippen LogP contribution in [0.1, 0.15) is 23.1 Å². The molecule has 0 amide bonds. The first-order valence-corrected chi connectivity index (χ1v) is 6.31. The average molecular weight is 268 g/mol. The summed E-state index contributed by atoms with van der Waals surface area (Å²) in [4.78, 5) is 8.30. The van der Waals surface area contributed by atoms with E-state index in [9.17, 15) is 9.50 Å². The number of pyridine rings is 2. The van der Waals surface area contributed by atoms with Crippen LogP contribution in [-0.2, 0) is 0 Å². The van der Waals surface area contributed by atoms with E-state index in [1.165, 1.54) is 18.3 Å². The number of halogens is 1. The van der Waals surface area contributed by atoms with Gasteiger partial charge in [0.1, 0.15) is 17.6 Å². The minimum Gasteiger partial charge on any atom is -0.382 e. The van der Waals surface area contributed by atoms with E-state index >= 15 is 0 Å². The van der Waals surface area contributed by atoms with Crippen LogP contribution in [0.15, 0.2) is 48.7 Å². The van der Waals surface area contributed by atoms with Crippen molar-refractivity contribution in [2.45, 2.75) is 13.0 Å². The molecule has 0 saturated carbocycles. The Morgan fingerprint density at radius 3 is 2.80 bits per heavy atom. The molecule has 3 aromatic rings.